The van der Waals surface area contributed by atoms with Gasteiger partial charge < -0.3 is 4.74 Å². The highest BCUT2D eigenvalue weighted by Crippen LogP contribution is 2.34. The fourth-order valence-corrected chi connectivity index (χ4v) is 4.66. The number of amides is 4. The van der Waals surface area contributed by atoms with Crippen LogP contribution in [0.4, 0.5) is 10.5 Å². The number of carbonyl (C=O) groups is 3. The first-order chi connectivity index (χ1) is 17.8. The molecule has 1 heterocycles. The number of barbiturate groups is 1. The van der Waals surface area contributed by atoms with Crippen LogP contribution >= 0.6 is 27.5 Å². The Kier molecular flexibility index (Phi) is 8.26. The Hall–Kier alpha value is -3.68. The number of nitrogens with zero attached hydrogens (tertiary/aromatic N) is 1. The van der Waals surface area contributed by atoms with Crippen molar-refractivity contribution in [1.29, 1.82) is 0 Å². The highest BCUT2D eigenvalue weighted by molar-refractivity contribution is 9.10. The maximum atomic E-state index is 13.3. The molecule has 1 fully saturated rings. The highest BCUT2D eigenvalue weighted by atomic mass is 79.9. The monoisotopic (exact) mass is 578 g/mol. The van der Waals surface area contributed by atoms with Crippen LogP contribution in [0.1, 0.15) is 29.2 Å². The van der Waals surface area contributed by atoms with Gasteiger partial charge in [0.2, 0.25) is 0 Å². The Labute approximate surface area is 228 Å². The van der Waals surface area contributed by atoms with Crippen LogP contribution in [0.5, 0.6) is 5.75 Å². The van der Waals surface area contributed by atoms with Crippen molar-refractivity contribution < 1.29 is 19.1 Å². The van der Waals surface area contributed by atoms with E-state index in [0.29, 0.717) is 39.5 Å². The highest BCUT2D eigenvalue weighted by Gasteiger charge is 2.36. The molecule has 0 aliphatic carbocycles. The fraction of sp³-hybridized carbons (Fsp3) is 0.138. The molecule has 0 radical (unpaired) electrons. The molecule has 0 bridgehead atoms. The van der Waals surface area contributed by atoms with E-state index in [-0.39, 0.29) is 5.57 Å². The van der Waals surface area contributed by atoms with Crippen molar-refractivity contribution in [3.63, 3.8) is 0 Å². The predicted octanol–water partition coefficient (Wildman–Crippen LogP) is 6.64. The van der Waals surface area contributed by atoms with Crippen LogP contribution in [0.25, 0.3) is 6.08 Å². The zero-order chi connectivity index (χ0) is 26.5. The number of allylic oxidation sites excluding steroid dienone is 1. The number of nitrogens with one attached hydrogen (secondary N) is 1. The van der Waals surface area contributed by atoms with Crippen molar-refractivity contribution in [2.45, 2.75) is 26.4 Å². The van der Waals surface area contributed by atoms with Crippen LogP contribution in [0.2, 0.25) is 5.02 Å². The Balaban J connectivity index is 1.64. The van der Waals surface area contributed by atoms with Gasteiger partial charge in [-0.15, -0.1) is 6.58 Å². The van der Waals surface area contributed by atoms with Crippen LogP contribution in [0.3, 0.4) is 0 Å². The summed E-state index contributed by atoms with van der Waals surface area (Å²) in [6, 6.07) is 17.2. The lowest BCUT2D eigenvalue weighted by atomic mass is 10.0. The molecule has 188 valence electrons. The van der Waals surface area contributed by atoms with Crippen molar-refractivity contribution >= 4 is 57.1 Å². The van der Waals surface area contributed by atoms with E-state index in [1.165, 1.54) is 6.08 Å². The molecule has 8 heteroatoms. The van der Waals surface area contributed by atoms with Gasteiger partial charge in [-0.1, -0.05) is 48.9 Å². The van der Waals surface area contributed by atoms with Crippen LogP contribution in [-0.2, 0) is 29.0 Å². The van der Waals surface area contributed by atoms with Gasteiger partial charge in [-0.3, -0.25) is 14.9 Å². The van der Waals surface area contributed by atoms with Crippen LogP contribution in [0, 0.1) is 0 Å². The van der Waals surface area contributed by atoms with Gasteiger partial charge in [-0.2, -0.15) is 0 Å². The maximum Gasteiger partial charge on any atom is 0.335 e. The summed E-state index contributed by atoms with van der Waals surface area (Å²) in [6.07, 6.45) is 4.54. The summed E-state index contributed by atoms with van der Waals surface area (Å²) in [4.78, 5) is 39.4. The van der Waals surface area contributed by atoms with E-state index >= 15 is 0 Å². The molecule has 0 unspecified atom stereocenters. The summed E-state index contributed by atoms with van der Waals surface area (Å²) in [7, 11) is 0. The molecule has 1 aliphatic heterocycles. The Bertz CT molecular complexity index is 1400. The van der Waals surface area contributed by atoms with Gasteiger partial charge >= 0.3 is 6.03 Å². The second-order valence-corrected chi connectivity index (χ2v) is 9.67. The molecule has 3 aromatic carbocycles. The molecule has 0 spiro atoms. The second-order valence-electron chi connectivity index (χ2n) is 8.38. The average Bonchev–Trinajstić information content (AvgIpc) is 2.87. The van der Waals surface area contributed by atoms with E-state index in [0.717, 1.165) is 28.0 Å². The second kappa shape index (κ2) is 11.6. The summed E-state index contributed by atoms with van der Waals surface area (Å²) in [5.74, 6) is -0.812. The number of carbonyl (C=O) groups excluding carboxylic acids is 3. The van der Waals surface area contributed by atoms with Crippen LogP contribution in [-0.4, -0.2) is 17.8 Å². The van der Waals surface area contributed by atoms with E-state index in [1.807, 2.05) is 37.3 Å². The Morgan fingerprint density at radius 1 is 1.03 bits per heavy atom. The van der Waals surface area contributed by atoms with Crippen molar-refractivity contribution in [2.75, 3.05) is 4.90 Å². The molecule has 1 saturated heterocycles. The van der Waals surface area contributed by atoms with E-state index in [4.69, 9.17) is 16.3 Å². The molecule has 1 aliphatic rings. The van der Waals surface area contributed by atoms with Crippen molar-refractivity contribution in [3.8, 4) is 5.75 Å². The molecule has 1 N–H and O–H groups in total. The van der Waals surface area contributed by atoms with E-state index < -0.39 is 17.8 Å². The normalized spacial score (nSPS) is 14.6. The molecule has 0 atom stereocenters. The zero-order valence-electron chi connectivity index (χ0n) is 20.1. The van der Waals surface area contributed by atoms with Gasteiger partial charge in [0.15, 0.2) is 0 Å². The molecule has 6 nitrogen and oxygen atoms in total. The minimum absolute atomic E-state index is 0.148. The lowest BCUT2D eigenvalue weighted by molar-refractivity contribution is -0.122. The summed E-state index contributed by atoms with van der Waals surface area (Å²) >= 11 is 9.52. The number of benzene rings is 3. The quantitative estimate of drug-likeness (QED) is 0.184. The first kappa shape index (κ1) is 26.4. The first-order valence-electron chi connectivity index (χ1n) is 11.6. The molecule has 4 amide bonds. The number of hydrogen-bond donors (Lipinski definition) is 1. The van der Waals surface area contributed by atoms with Gasteiger partial charge in [0.05, 0.1) is 10.2 Å². The lowest BCUT2D eigenvalue weighted by Crippen LogP contribution is -2.54. The summed E-state index contributed by atoms with van der Waals surface area (Å²) in [6.45, 7) is 6.17. The number of anilines is 1. The van der Waals surface area contributed by atoms with Gasteiger partial charge in [0.1, 0.15) is 17.9 Å². The average molecular weight is 580 g/mol. The number of halogens is 2. The van der Waals surface area contributed by atoms with Gasteiger partial charge in [-0.05, 0) is 93.5 Å². The zero-order valence-corrected chi connectivity index (χ0v) is 22.4. The lowest BCUT2D eigenvalue weighted by Gasteiger charge is -2.26. The summed E-state index contributed by atoms with van der Waals surface area (Å²) < 4.78 is 6.74. The van der Waals surface area contributed by atoms with E-state index in [1.54, 1.807) is 36.4 Å². The topological polar surface area (TPSA) is 75.7 Å². The number of hydrogen-bond acceptors (Lipinski definition) is 4. The third kappa shape index (κ3) is 6.01. The van der Waals surface area contributed by atoms with Gasteiger partial charge in [-0.25, -0.2) is 9.69 Å². The smallest absolute Gasteiger partial charge is 0.335 e. The number of urea groups is 1. The molecule has 0 saturated carbocycles. The fourth-order valence-electron chi connectivity index (χ4n) is 3.90. The SMILES string of the molecule is C=CCc1cc(/C=C2/C(=O)NC(=O)N(c3ccc(CC)cc3)C2=O)cc(Br)c1OCc1ccc(Cl)cc1. The van der Waals surface area contributed by atoms with Crippen molar-refractivity contribution in [3.05, 3.63) is 111 Å². The third-order valence-electron chi connectivity index (χ3n) is 5.82. The number of imide groups is 2. The minimum Gasteiger partial charge on any atom is -0.487 e. The third-order valence-corrected chi connectivity index (χ3v) is 6.66. The largest absolute Gasteiger partial charge is 0.487 e. The first-order valence-corrected chi connectivity index (χ1v) is 12.8. The van der Waals surface area contributed by atoms with Crippen molar-refractivity contribution in [1.82, 2.24) is 5.32 Å². The molecule has 37 heavy (non-hydrogen) atoms. The van der Waals surface area contributed by atoms with Crippen molar-refractivity contribution in [2.24, 2.45) is 0 Å². The predicted molar refractivity (Wildman–Crippen MR) is 149 cm³/mol. The molecule has 3 aromatic rings. The van der Waals surface area contributed by atoms with E-state index in [2.05, 4.69) is 27.8 Å². The molecule has 4 rings (SSSR count). The Morgan fingerprint density at radius 3 is 2.35 bits per heavy atom. The number of aryl methyl sites for hydroxylation is 1. The van der Waals surface area contributed by atoms with Gasteiger partial charge in [0, 0.05) is 5.02 Å². The number of ether oxygens (including phenoxy) is 1. The molecular weight excluding hydrogens is 556 g/mol. The van der Waals surface area contributed by atoms with Crippen LogP contribution in [0.15, 0.2) is 83.4 Å². The molecular formula is C29H24BrClN2O4. The molecule has 0 aromatic heterocycles. The number of rotatable bonds is 8. The Morgan fingerprint density at radius 2 is 1.70 bits per heavy atom. The van der Waals surface area contributed by atoms with Crippen LogP contribution < -0.4 is 15.0 Å². The van der Waals surface area contributed by atoms with E-state index in [9.17, 15) is 14.4 Å². The summed E-state index contributed by atoms with van der Waals surface area (Å²) in [5, 5.41) is 2.91. The summed E-state index contributed by atoms with van der Waals surface area (Å²) in [5.41, 5.74) is 3.67. The standard InChI is InChI=1S/C29H24BrClN2O4/c1-3-5-21-14-20(16-25(30)26(21)37-17-19-6-10-22(31)11-7-19)15-24-27(34)32-29(36)33(28(24)35)23-12-8-18(4-2)9-13-23/h3,6-16H,1,4-5,17H2,2H3,(H,32,34,36)/b24-15-. The van der Waals surface area contributed by atoms with Gasteiger partial charge in [0.25, 0.3) is 11.8 Å². The maximum absolute atomic E-state index is 13.3. The minimum atomic E-state index is -0.782.